The highest BCUT2D eigenvalue weighted by molar-refractivity contribution is 9.10. The van der Waals surface area contributed by atoms with Crippen LogP contribution in [-0.4, -0.2) is 35.6 Å². The van der Waals surface area contributed by atoms with Gasteiger partial charge in [-0.15, -0.1) is 0 Å². The van der Waals surface area contributed by atoms with Crippen LogP contribution in [-0.2, 0) is 16.2 Å². The standard InChI is InChI=1S/C32H27BrN2O5S/c1-19-8-6-13-26(20(19)2)34-29(36)17-35-31(37)28(41-32(35)38)16-21-14-25(33)30(27(15-21)39-3)40-18-23-11-7-10-22-9-4-5-12-24(22)23/h4-16H,17-18H2,1-3H3,(H,34,36)/b28-16+. The highest BCUT2D eigenvalue weighted by Crippen LogP contribution is 2.40. The van der Waals surface area contributed by atoms with Crippen LogP contribution in [0.1, 0.15) is 22.3 Å². The van der Waals surface area contributed by atoms with Crippen molar-refractivity contribution in [1.82, 2.24) is 4.90 Å². The van der Waals surface area contributed by atoms with Crippen LogP contribution in [0.5, 0.6) is 11.5 Å². The zero-order chi connectivity index (χ0) is 29.1. The number of carbonyl (C=O) groups is 3. The highest BCUT2D eigenvalue weighted by Gasteiger charge is 2.36. The summed E-state index contributed by atoms with van der Waals surface area (Å²) in [7, 11) is 1.54. The average molecular weight is 632 g/mol. The van der Waals surface area contributed by atoms with Gasteiger partial charge in [-0.2, -0.15) is 0 Å². The molecule has 0 bridgehead atoms. The van der Waals surface area contributed by atoms with E-state index in [9.17, 15) is 14.4 Å². The largest absolute Gasteiger partial charge is 0.493 e. The topological polar surface area (TPSA) is 84.9 Å². The molecule has 9 heteroatoms. The van der Waals surface area contributed by atoms with E-state index in [1.54, 1.807) is 31.4 Å². The van der Waals surface area contributed by atoms with Crippen molar-refractivity contribution in [2.45, 2.75) is 20.5 Å². The molecule has 0 saturated carbocycles. The first-order valence-electron chi connectivity index (χ1n) is 12.8. The molecule has 0 radical (unpaired) electrons. The number of halogens is 1. The lowest BCUT2D eigenvalue weighted by atomic mass is 10.1. The van der Waals surface area contributed by atoms with Gasteiger partial charge in [0.05, 0.1) is 16.5 Å². The van der Waals surface area contributed by atoms with Gasteiger partial charge in [0, 0.05) is 5.69 Å². The average Bonchev–Trinajstić information content (AvgIpc) is 3.21. The summed E-state index contributed by atoms with van der Waals surface area (Å²) in [6.45, 7) is 3.81. The minimum absolute atomic E-state index is 0.216. The van der Waals surface area contributed by atoms with Crippen LogP contribution < -0.4 is 14.8 Å². The Hall–Kier alpha value is -4.08. The Kier molecular flexibility index (Phi) is 8.46. The van der Waals surface area contributed by atoms with Gasteiger partial charge in [-0.25, -0.2) is 0 Å². The number of anilines is 1. The fourth-order valence-electron chi connectivity index (χ4n) is 4.54. The molecular weight excluding hydrogens is 604 g/mol. The second-order valence-electron chi connectivity index (χ2n) is 9.52. The molecule has 1 aliphatic rings. The van der Waals surface area contributed by atoms with E-state index in [2.05, 4.69) is 39.4 Å². The second kappa shape index (κ2) is 12.2. The van der Waals surface area contributed by atoms with Crippen LogP contribution >= 0.6 is 27.7 Å². The zero-order valence-corrected chi connectivity index (χ0v) is 25.1. The molecule has 0 unspecified atom stereocenters. The molecule has 0 spiro atoms. The molecule has 0 aromatic heterocycles. The van der Waals surface area contributed by atoms with Gasteiger partial charge in [0.25, 0.3) is 11.1 Å². The minimum Gasteiger partial charge on any atom is -0.493 e. The third kappa shape index (κ3) is 6.16. The Balaban J connectivity index is 1.31. The van der Waals surface area contributed by atoms with Crippen LogP contribution in [0.4, 0.5) is 10.5 Å². The number of imide groups is 1. The minimum atomic E-state index is -0.525. The second-order valence-corrected chi connectivity index (χ2v) is 11.4. The van der Waals surface area contributed by atoms with Crippen molar-refractivity contribution < 1.29 is 23.9 Å². The Bertz CT molecular complexity index is 1710. The molecule has 41 heavy (non-hydrogen) atoms. The lowest BCUT2D eigenvalue weighted by Crippen LogP contribution is -2.36. The first kappa shape index (κ1) is 28.4. The highest BCUT2D eigenvalue weighted by atomic mass is 79.9. The van der Waals surface area contributed by atoms with Crippen molar-refractivity contribution in [3.63, 3.8) is 0 Å². The maximum Gasteiger partial charge on any atom is 0.294 e. The molecule has 0 aliphatic carbocycles. The first-order chi connectivity index (χ1) is 19.7. The summed E-state index contributed by atoms with van der Waals surface area (Å²) >= 11 is 4.36. The number of carbonyl (C=O) groups excluding carboxylic acids is 3. The van der Waals surface area contributed by atoms with Crippen LogP contribution in [0.25, 0.3) is 16.8 Å². The molecule has 7 nitrogen and oxygen atoms in total. The monoisotopic (exact) mass is 630 g/mol. The van der Waals surface area contributed by atoms with Crippen LogP contribution in [0.3, 0.4) is 0 Å². The number of benzene rings is 4. The quantitative estimate of drug-likeness (QED) is 0.203. The maximum absolute atomic E-state index is 13.1. The lowest BCUT2D eigenvalue weighted by Gasteiger charge is -2.15. The lowest BCUT2D eigenvalue weighted by molar-refractivity contribution is -0.127. The number of hydrogen-bond acceptors (Lipinski definition) is 6. The third-order valence-corrected chi connectivity index (χ3v) is 8.35. The van der Waals surface area contributed by atoms with Gasteiger partial charge in [-0.3, -0.25) is 19.3 Å². The third-order valence-electron chi connectivity index (χ3n) is 6.86. The summed E-state index contributed by atoms with van der Waals surface area (Å²) in [5.41, 5.74) is 4.28. The van der Waals surface area contributed by atoms with Gasteiger partial charge in [-0.05, 0) is 98.8 Å². The molecule has 0 atom stereocenters. The zero-order valence-electron chi connectivity index (χ0n) is 22.7. The van der Waals surface area contributed by atoms with Crippen LogP contribution in [0.15, 0.2) is 82.2 Å². The Morgan fingerprint density at radius 1 is 1.02 bits per heavy atom. The van der Waals surface area contributed by atoms with E-state index >= 15 is 0 Å². The fraction of sp³-hybridized carbons (Fsp3) is 0.156. The van der Waals surface area contributed by atoms with Crippen molar-refractivity contribution in [2.75, 3.05) is 19.0 Å². The van der Waals surface area contributed by atoms with Crippen molar-refractivity contribution in [1.29, 1.82) is 0 Å². The van der Waals surface area contributed by atoms with E-state index in [0.29, 0.717) is 33.8 Å². The van der Waals surface area contributed by atoms with Crippen molar-refractivity contribution in [2.24, 2.45) is 0 Å². The van der Waals surface area contributed by atoms with Gasteiger partial charge < -0.3 is 14.8 Å². The molecule has 1 fully saturated rings. The molecule has 1 N–H and O–H groups in total. The SMILES string of the molecule is COc1cc(/C=C2/SC(=O)N(CC(=O)Nc3cccc(C)c3C)C2=O)cc(Br)c1OCc1cccc2ccccc12. The number of nitrogens with zero attached hydrogens (tertiary/aromatic N) is 1. The van der Waals surface area contributed by atoms with E-state index in [1.165, 1.54) is 0 Å². The van der Waals surface area contributed by atoms with Crippen molar-refractivity contribution >= 4 is 67.3 Å². The Morgan fingerprint density at radius 3 is 2.59 bits per heavy atom. The number of aryl methyl sites for hydroxylation is 1. The molecule has 1 saturated heterocycles. The van der Waals surface area contributed by atoms with E-state index in [0.717, 1.165) is 44.1 Å². The number of ether oxygens (including phenoxy) is 2. The van der Waals surface area contributed by atoms with Gasteiger partial charge >= 0.3 is 0 Å². The van der Waals surface area contributed by atoms with Crippen LogP contribution in [0.2, 0.25) is 0 Å². The Labute approximate surface area is 250 Å². The van der Waals surface area contributed by atoms with E-state index in [1.807, 2.05) is 50.2 Å². The van der Waals surface area contributed by atoms with Gasteiger partial charge in [0.1, 0.15) is 13.2 Å². The van der Waals surface area contributed by atoms with Gasteiger partial charge in [0.2, 0.25) is 5.91 Å². The van der Waals surface area contributed by atoms with Crippen molar-refractivity contribution in [3.05, 3.63) is 104 Å². The first-order valence-corrected chi connectivity index (χ1v) is 14.4. The maximum atomic E-state index is 13.1. The molecule has 1 heterocycles. The normalized spacial score (nSPS) is 14.1. The summed E-state index contributed by atoms with van der Waals surface area (Å²) in [6.07, 6.45) is 1.61. The predicted octanol–water partition coefficient (Wildman–Crippen LogP) is 7.48. The summed E-state index contributed by atoms with van der Waals surface area (Å²) < 4.78 is 12.4. The number of thioether (sulfide) groups is 1. The predicted molar refractivity (Wildman–Crippen MR) is 166 cm³/mol. The fourth-order valence-corrected chi connectivity index (χ4v) is 5.95. The van der Waals surface area contributed by atoms with Gasteiger partial charge in [0.15, 0.2) is 11.5 Å². The molecule has 5 rings (SSSR count). The number of fused-ring (bicyclic) bond motifs is 1. The smallest absolute Gasteiger partial charge is 0.294 e. The number of hydrogen-bond donors (Lipinski definition) is 1. The van der Waals surface area contributed by atoms with Crippen LogP contribution in [0, 0.1) is 13.8 Å². The molecular formula is C32H27BrN2O5S. The number of nitrogens with one attached hydrogen (secondary N) is 1. The summed E-state index contributed by atoms with van der Waals surface area (Å²) in [5, 5.41) is 4.54. The van der Waals surface area contributed by atoms with E-state index in [-0.39, 0.29) is 11.4 Å². The molecule has 208 valence electrons. The number of rotatable bonds is 8. The summed E-state index contributed by atoms with van der Waals surface area (Å²) in [4.78, 5) is 39.5. The van der Waals surface area contributed by atoms with Crippen molar-refractivity contribution in [3.8, 4) is 11.5 Å². The molecule has 1 aliphatic heterocycles. The van der Waals surface area contributed by atoms with E-state index < -0.39 is 17.1 Å². The molecule has 4 aromatic rings. The number of methoxy groups -OCH3 is 1. The molecule has 4 aromatic carbocycles. The molecule has 3 amide bonds. The Morgan fingerprint density at radius 2 is 1.78 bits per heavy atom. The number of amides is 3. The summed E-state index contributed by atoms with van der Waals surface area (Å²) in [5.74, 6) is 0.0219. The van der Waals surface area contributed by atoms with Gasteiger partial charge in [-0.1, -0.05) is 54.6 Å². The van der Waals surface area contributed by atoms with E-state index in [4.69, 9.17) is 9.47 Å². The summed E-state index contributed by atoms with van der Waals surface area (Å²) in [6, 6.07) is 23.3.